The van der Waals surface area contributed by atoms with Crippen LogP contribution in [0.1, 0.15) is 0 Å². The smallest absolute Gasteiger partial charge is 0.457 e. The molecule has 0 aliphatic heterocycles. The topological polar surface area (TPSA) is 468 Å². The summed E-state index contributed by atoms with van der Waals surface area (Å²) >= 11 is 4.48. The molecule has 0 fully saturated rings. The van der Waals surface area contributed by atoms with E-state index in [1.54, 1.807) is 37.2 Å². The van der Waals surface area contributed by atoms with Crippen LogP contribution in [0.25, 0.3) is 64.2 Å². The average molecular weight is 1050 g/mol. The molecular weight excluding hydrogens is 1020 g/mol. The first-order valence-electron chi connectivity index (χ1n) is 16.5. The summed E-state index contributed by atoms with van der Waals surface area (Å²) in [6, 6.07) is 34.4. The minimum Gasteiger partial charge on any atom is -0.457 e. The maximum atomic E-state index is 8.49. The van der Waals surface area contributed by atoms with Crippen LogP contribution >= 0.6 is 34.0 Å². The third-order valence-corrected chi connectivity index (χ3v) is 9.48. The van der Waals surface area contributed by atoms with Gasteiger partial charge in [0.15, 0.2) is 30.0 Å². The molecule has 0 saturated carbocycles. The van der Waals surface area contributed by atoms with Gasteiger partial charge < -0.3 is 21.9 Å². The number of pyridine rings is 6. The zero-order chi connectivity index (χ0) is 43.5. The molecular formula is C36H34Cl2CoN12O12S3+2. The van der Waals surface area contributed by atoms with Crippen LogP contribution in [-0.4, -0.2) is 71.4 Å². The molecule has 0 saturated heterocycles. The molecule has 349 valence electrons. The fourth-order valence-corrected chi connectivity index (χ4v) is 6.62. The maximum absolute atomic E-state index is 8.49. The van der Waals surface area contributed by atoms with Crippen molar-refractivity contribution >= 4 is 34.0 Å². The molecule has 0 aromatic carbocycles. The normalized spacial score (nSPS) is 9.82. The van der Waals surface area contributed by atoms with Gasteiger partial charge in [-0.25, -0.2) is 37.3 Å². The van der Waals surface area contributed by atoms with Crippen molar-refractivity contribution in [3.8, 4) is 64.2 Å². The van der Waals surface area contributed by atoms with Gasteiger partial charge in [-0.2, -0.15) is 0 Å². The van der Waals surface area contributed by atoms with E-state index in [0.29, 0.717) is 0 Å². The van der Waals surface area contributed by atoms with Crippen molar-refractivity contribution in [3.63, 3.8) is 0 Å². The van der Waals surface area contributed by atoms with Crippen LogP contribution in [0.3, 0.4) is 0 Å². The van der Waals surface area contributed by atoms with Crippen molar-refractivity contribution in [2.45, 2.75) is 0 Å². The fourth-order valence-electron chi connectivity index (χ4n) is 4.23. The van der Waals surface area contributed by atoms with Crippen LogP contribution in [0, 0.1) is 20.5 Å². The van der Waals surface area contributed by atoms with E-state index in [0.717, 1.165) is 64.2 Å². The van der Waals surface area contributed by atoms with Crippen LogP contribution < -0.4 is 37.3 Å². The summed E-state index contributed by atoms with van der Waals surface area (Å²) in [4.78, 5) is 25.5. The predicted octanol–water partition coefficient (Wildman–Crippen LogP) is -5.02. The average Bonchev–Trinajstić information content (AvgIpc) is 4.08. The molecule has 0 aliphatic rings. The number of aromatic nitrogens is 12. The number of halogens is 2. The van der Waals surface area contributed by atoms with E-state index < -0.39 is 20.5 Å². The maximum Gasteiger partial charge on any atom is 2.00 e. The zero-order valence-electron chi connectivity index (χ0n) is 33.0. The molecule has 10 N–H and O–H groups in total. The van der Waals surface area contributed by atoms with Gasteiger partial charge in [0.1, 0.15) is 34.2 Å². The monoisotopic (exact) mass is 1050 g/mol. The molecule has 0 unspecified atom stereocenters. The largest absolute Gasteiger partial charge is 2.00 e. The summed E-state index contributed by atoms with van der Waals surface area (Å²) in [5, 5.41) is 29.6. The SMILES string of the molecule is O.O.[Co+2].[O-][Cl+3]([O-])([O-])[O-].[O-][Cl+3]([O-])([O-])[O-].[OH3+].[OH3+].c1ccc(-c2nnc(-c3ccccn3)s2)nc1.c1ccc(-c2nnc(-c3ccccn3)s2)nc1.c1ccc(-c2nnc(-c3ccccn3)s2)nc1. The van der Waals surface area contributed by atoms with E-state index >= 15 is 0 Å². The minimum atomic E-state index is -4.94. The van der Waals surface area contributed by atoms with E-state index in [1.807, 2.05) is 109 Å². The Morgan fingerprint density at radius 3 is 0.530 bits per heavy atom. The van der Waals surface area contributed by atoms with E-state index in [9.17, 15) is 0 Å². The van der Waals surface area contributed by atoms with Gasteiger partial charge in [0.2, 0.25) is 0 Å². The van der Waals surface area contributed by atoms with Crippen molar-refractivity contribution in [2.24, 2.45) is 0 Å². The van der Waals surface area contributed by atoms with Gasteiger partial charge in [-0.3, -0.25) is 29.9 Å². The van der Waals surface area contributed by atoms with Crippen LogP contribution in [0.2, 0.25) is 0 Å². The number of rotatable bonds is 6. The second-order valence-corrected chi connectivity index (χ2v) is 15.2. The van der Waals surface area contributed by atoms with E-state index in [4.69, 9.17) is 37.3 Å². The predicted molar refractivity (Wildman–Crippen MR) is 216 cm³/mol. The molecule has 66 heavy (non-hydrogen) atoms. The van der Waals surface area contributed by atoms with Crippen molar-refractivity contribution in [2.75, 3.05) is 0 Å². The van der Waals surface area contributed by atoms with Crippen LogP contribution in [-0.2, 0) is 27.7 Å². The molecule has 0 aliphatic carbocycles. The second-order valence-electron chi connectivity index (χ2n) is 10.8. The molecule has 0 bridgehead atoms. The number of nitrogens with zero attached hydrogens (tertiary/aromatic N) is 12. The third-order valence-electron chi connectivity index (χ3n) is 6.58. The zero-order valence-corrected chi connectivity index (χ0v) is 38.0. The van der Waals surface area contributed by atoms with Gasteiger partial charge in [-0.1, -0.05) is 70.4 Å². The quantitative estimate of drug-likeness (QED) is 0.141. The van der Waals surface area contributed by atoms with Gasteiger partial charge in [0.25, 0.3) is 0 Å². The van der Waals surface area contributed by atoms with Crippen molar-refractivity contribution in [1.29, 1.82) is 0 Å². The standard InChI is InChI=1S/3C12H8N4S.2ClHO4.Co.4H2O/c3*1-3-7-13-9(5-1)11-15-16-12(17-11)10-6-2-4-8-14-10;2*2-1(3,4)5;;;;;/h3*1-8H;2*(H,2,3,4,5);;4*1H2/q;;;;;+2;;;;. The Bertz CT molecular complexity index is 2160. The van der Waals surface area contributed by atoms with Crippen molar-refractivity contribution < 1.29 is 96.4 Å². The summed E-state index contributed by atoms with van der Waals surface area (Å²) in [5.74, 6) is 0. The van der Waals surface area contributed by atoms with Gasteiger partial charge in [-0.05, 0) is 72.8 Å². The summed E-state index contributed by atoms with van der Waals surface area (Å²) in [5.41, 5.74) is 5.04. The van der Waals surface area contributed by atoms with Crippen molar-refractivity contribution in [1.82, 2.24) is 60.5 Å². The molecule has 9 aromatic heterocycles. The summed E-state index contributed by atoms with van der Waals surface area (Å²) in [6.45, 7) is 0. The van der Waals surface area contributed by atoms with Gasteiger partial charge in [0.05, 0.1) is 0 Å². The Hall–Kier alpha value is -5.81. The molecule has 0 spiro atoms. The van der Waals surface area contributed by atoms with Crippen molar-refractivity contribution in [3.05, 3.63) is 146 Å². The molecule has 24 nitrogen and oxygen atoms in total. The molecule has 1 radical (unpaired) electrons. The summed E-state index contributed by atoms with van der Waals surface area (Å²) < 4.78 is 67.9. The van der Waals surface area contributed by atoms with E-state index in [2.05, 4.69) is 60.5 Å². The Kier molecular flexibility index (Phi) is 27.7. The van der Waals surface area contributed by atoms with Gasteiger partial charge >= 0.3 is 16.8 Å². The van der Waals surface area contributed by atoms with E-state index in [1.165, 1.54) is 34.0 Å². The van der Waals surface area contributed by atoms with Crippen LogP contribution in [0.4, 0.5) is 0 Å². The van der Waals surface area contributed by atoms with E-state index in [-0.39, 0.29) is 38.7 Å². The van der Waals surface area contributed by atoms with Gasteiger partial charge in [-0.15, -0.1) is 51.1 Å². The molecule has 0 atom stereocenters. The summed E-state index contributed by atoms with van der Waals surface area (Å²) in [7, 11) is -9.89. The Labute approximate surface area is 399 Å². The Morgan fingerprint density at radius 2 is 0.424 bits per heavy atom. The molecule has 9 aromatic rings. The first-order valence-corrected chi connectivity index (χ1v) is 21.4. The molecule has 9 heterocycles. The molecule has 30 heteroatoms. The van der Waals surface area contributed by atoms with Gasteiger partial charge in [0, 0.05) is 37.2 Å². The van der Waals surface area contributed by atoms with Crippen LogP contribution in [0.5, 0.6) is 0 Å². The Balaban J connectivity index is 0.000000841. The van der Waals surface area contributed by atoms with Crippen LogP contribution in [0.15, 0.2) is 146 Å². The second kappa shape index (κ2) is 30.4. The molecule has 0 amide bonds. The Morgan fingerprint density at radius 1 is 0.288 bits per heavy atom. The minimum absolute atomic E-state index is 0. The fraction of sp³-hybridized carbons (Fsp3) is 0. The molecule has 9 rings (SSSR count). The first-order chi connectivity index (χ1) is 29.3. The number of hydrogen-bond acceptors (Lipinski definition) is 23. The number of hydrogen-bond donors (Lipinski definition) is 0. The first kappa shape index (κ1) is 60.2. The summed E-state index contributed by atoms with van der Waals surface area (Å²) in [6.07, 6.45) is 10.5. The third kappa shape index (κ3) is 21.9.